The van der Waals surface area contributed by atoms with E-state index in [2.05, 4.69) is 0 Å². The van der Waals surface area contributed by atoms with Crippen LogP contribution in [0.4, 0.5) is 0 Å². The lowest BCUT2D eigenvalue weighted by molar-refractivity contribution is 0.259. The zero-order valence-electron chi connectivity index (χ0n) is 6.55. The first-order valence-corrected chi connectivity index (χ1v) is 4.95. The quantitative estimate of drug-likeness (QED) is 0.480. The van der Waals surface area contributed by atoms with E-state index in [9.17, 15) is 0 Å². The van der Waals surface area contributed by atoms with E-state index in [0.717, 1.165) is 0 Å². The molecule has 0 aromatic rings. The zero-order valence-corrected chi connectivity index (χ0v) is 6.55. The van der Waals surface area contributed by atoms with Gasteiger partial charge >= 0.3 is 0 Å². The number of hydrogen-bond acceptors (Lipinski definition) is 0. The van der Waals surface area contributed by atoms with Crippen molar-refractivity contribution in [3.8, 4) is 0 Å². The molecule has 3 aliphatic carbocycles. The highest BCUT2D eigenvalue weighted by Crippen LogP contribution is 2.58. The smallest absolute Gasteiger partial charge is 0.0355 e. The lowest BCUT2D eigenvalue weighted by atomic mass is 9.82. The average molecular weight is 136 g/mol. The lowest BCUT2D eigenvalue weighted by Crippen LogP contribution is -2.15. The molecule has 2 unspecified atom stereocenters. The van der Waals surface area contributed by atoms with Crippen molar-refractivity contribution in [1.29, 1.82) is 0 Å². The van der Waals surface area contributed by atoms with Gasteiger partial charge in [0.05, 0.1) is 0 Å². The van der Waals surface area contributed by atoms with Gasteiger partial charge in [-0.1, -0.05) is 6.42 Å². The third-order valence-electron chi connectivity index (χ3n) is 4.35. The molecule has 0 aromatic heterocycles. The Morgan fingerprint density at radius 3 is 1.90 bits per heavy atom. The molecule has 56 valence electrons. The van der Waals surface area contributed by atoms with Crippen molar-refractivity contribution in [2.24, 2.45) is 23.7 Å². The van der Waals surface area contributed by atoms with Crippen LogP contribution in [0, 0.1) is 23.7 Å². The highest BCUT2D eigenvalue weighted by molar-refractivity contribution is 4.98. The molecule has 3 rings (SSSR count). The first-order valence-electron chi connectivity index (χ1n) is 4.95. The summed E-state index contributed by atoms with van der Waals surface area (Å²) in [6.07, 6.45) is 9.53. The molecule has 0 saturated heterocycles. The Balaban J connectivity index is 1.92. The van der Waals surface area contributed by atoms with Crippen molar-refractivity contribution in [2.75, 3.05) is 0 Å². The van der Waals surface area contributed by atoms with Crippen LogP contribution in [-0.4, -0.2) is 0 Å². The van der Waals surface area contributed by atoms with Crippen LogP contribution in [0.3, 0.4) is 0 Å². The predicted molar refractivity (Wildman–Crippen MR) is 41.7 cm³/mol. The topological polar surface area (TPSA) is 0 Å². The van der Waals surface area contributed by atoms with Gasteiger partial charge in [-0.2, -0.15) is 0 Å². The second kappa shape index (κ2) is 1.78. The molecule has 0 amide bonds. The van der Waals surface area contributed by atoms with Gasteiger partial charge in [0.15, 0.2) is 0 Å². The Morgan fingerprint density at radius 1 is 0.700 bits per heavy atom. The van der Waals surface area contributed by atoms with E-state index in [4.69, 9.17) is 0 Å². The monoisotopic (exact) mass is 136 g/mol. The van der Waals surface area contributed by atoms with Gasteiger partial charge in [-0.05, 0) is 55.8 Å². The van der Waals surface area contributed by atoms with Crippen LogP contribution in [-0.2, 0) is 0 Å². The normalized spacial score (nSPS) is 57.6. The maximum Gasteiger partial charge on any atom is -0.0355 e. The van der Waals surface area contributed by atoms with Crippen LogP contribution in [0.15, 0.2) is 0 Å². The van der Waals surface area contributed by atoms with Gasteiger partial charge in [-0.15, -0.1) is 0 Å². The molecular formula is C10H16. The summed E-state index contributed by atoms with van der Waals surface area (Å²) in [4.78, 5) is 0. The first kappa shape index (κ1) is 5.62. The van der Waals surface area contributed by atoms with Gasteiger partial charge in [0, 0.05) is 0 Å². The minimum absolute atomic E-state index is 1.19. The Labute approximate surface area is 63.0 Å². The second-order valence-corrected chi connectivity index (χ2v) is 4.59. The molecule has 0 heteroatoms. The summed E-state index contributed by atoms with van der Waals surface area (Å²) in [5.74, 6) is 4.80. The van der Waals surface area contributed by atoms with Crippen LogP contribution >= 0.6 is 0 Å². The fraction of sp³-hybridized carbons (Fsp3) is 1.00. The molecule has 4 atom stereocenters. The largest absolute Gasteiger partial charge is 0.0527 e. The maximum absolute atomic E-state index is 1.62. The molecule has 0 nitrogen and oxygen atoms in total. The molecule has 3 aliphatic rings. The third kappa shape index (κ3) is 0.538. The van der Waals surface area contributed by atoms with E-state index in [0.29, 0.717) is 0 Å². The lowest BCUT2D eigenvalue weighted by Gasteiger charge is -2.23. The van der Waals surface area contributed by atoms with Crippen molar-refractivity contribution in [3.05, 3.63) is 0 Å². The molecule has 0 radical (unpaired) electrons. The molecule has 2 bridgehead atoms. The van der Waals surface area contributed by atoms with Crippen LogP contribution in [0.2, 0.25) is 0 Å². The van der Waals surface area contributed by atoms with Crippen molar-refractivity contribution >= 4 is 0 Å². The molecule has 3 fully saturated rings. The first-order chi connectivity index (χ1) is 4.95. The van der Waals surface area contributed by atoms with E-state index < -0.39 is 0 Å². The summed E-state index contributed by atoms with van der Waals surface area (Å²) in [6.45, 7) is 0. The van der Waals surface area contributed by atoms with Crippen molar-refractivity contribution in [1.82, 2.24) is 0 Å². The fourth-order valence-corrected chi connectivity index (χ4v) is 4.02. The summed E-state index contributed by atoms with van der Waals surface area (Å²) < 4.78 is 0. The number of rotatable bonds is 0. The molecule has 0 heterocycles. The molecule has 0 aliphatic heterocycles. The van der Waals surface area contributed by atoms with Gasteiger partial charge < -0.3 is 0 Å². The van der Waals surface area contributed by atoms with E-state index in [1.807, 2.05) is 0 Å². The summed E-state index contributed by atoms with van der Waals surface area (Å²) >= 11 is 0. The second-order valence-electron chi connectivity index (χ2n) is 4.59. The standard InChI is InChI=1S/C10H16/c1-2-9-7-4-5-8(6-7)10(9)3-1/h7-10H,1-6H2/t7-,8+,9?,10?. The van der Waals surface area contributed by atoms with Gasteiger partial charge in [0.2, 0.25) is 0 Å². The Hall–Kier alpha value is 0. The average Bonchev–Trinajstić information content (AvgIpc) is 2.60. The summed E-state index contributed by atoms with van der Waals surface area (Å²) in [5.41, 5.74) is 0. The number of fused-ring (bicyclic) bond motifs is 5. The molecular weight excluding hydrogens is 120 g/mol. The Bertz CT molecular complexity index is 134. The van der Waals surface area contributed by atoms with Gasteiger partial charge in [-0.25, -0.2) is 0 Å². The fourth-order valence-electron chi connectivity index (χ4n) is 4.02. The zero-order chi connectivity index (χ0) is 6.55. The van der Waals surface area contributed by atoms with E-state index in [1.165, 1.54) is 23.7 Å². The molecule has 0 aromatic carbocycles. The van der Waals surface area contributed by atoms with E-state index in [-0.39, 0.29) is 0 Å². The summed E-state index contributed by atoms with van der Waals surface area (Å²) in [5, 5.41) is 0. The SMILES string of the molecule is C1CC2C(C1)[C@H]1CC[C@@H]2C1. The van der Waals surface area contributed by atoms with Crippen LogP contribution in [0.1, 0.15) is 38.5 Å². The van der Waals surface area contributed by atoms with Crippen molar-refractivity contribution in [2.45, 2.75) is 38.5 Å². The number of hydrogen-bond donors (Lipinski definition) is 0. The maximum atomic E-state index is 1.62. The van der Waals surface area contributed by atoms with Crippen LogP contribution in [0.5, 0.6) is 0 Å². The third-order valence-corrected chi connectivity index (χ3v) is 4.35. The molecule has 0 spiro atoms. The highest BCUT2D eigenvalue weighted by Gasteiger charge is 2.48. The highest BCUT2D eigenvalue weighted by atomic mass is 14.5. The Morgan fingerprint density at radius 2 is 1.30 bits per heavy atom. The van der Waals surface area contributed by atoms with Gasteiger partial charge in [0.25, 0.3) is 0 Å². The van der Waals surface area contributed by atoms with Crippen LogP contribution < -0.4 is 0 Å². The Kier molecular flexibility index (Phi) is 1.00. The van der Waals surface area contributed by atoms with E-state index >= 15 is 0 Å². The van der Waals surface area contributed by atoms with Crippen molar-refractivity contribution < 1.29 is 0 Å². The van der Waals surface area contributed by atoms with E-state index in [1.54, 1.807) is 38.5 Å². The molecule has 0 N–H and O–H groups in total. The predicted octanol–water partition coefficient (Wildman–Crippen LogP) is 2.83. The van der Waals surface area contributed by atoms with Gasteiger partial charge in [-0.3, -0.25) is 0 Å². The minimum atomic E-state index is 1.19. The molecule has 10 heavy (non-hydrogen) atoms. The van der Waals surface area contributed by atoms with Gasteiger partial charge in [0.1, 0.15) is 0 Å². The molecule has 3 saturated carbocycles. The summed E-state index contributed by atoms with van der Waals surface area (Å²) in [7, 11) is 0. The van der Waals surface area contributed by atoms with Crippen LogP contribution in [0.25, 0.3) is 0 Å². The minimum Gasteiger partial charge on any atom is -0.0527 e. The summed E-state index contributed by atoms with van der Waals surface area (Å²) in [6, 6.07) is 0. The van der Waals surface area contributed by atoms with Crippen molar-refractivity contribution in [3.63, 3.8) is 0 Å².